The molecular weight excluding hydrogens is 286 g/mol. The Morgan fingerprint density at radius 2 is 2.23 bits per heavy atom. The number of methoxy groups -OCH3 is 1. The number of fused-ring (bicyclic) bond motifs is 1. The molecule has 0 bridgehead atoms. The van der Waals surface area contributed by atoms with E-state index in [0.29, 0.717) is 18.0 Å². The van der Waals surface area contributed by atoms with Gasteiger partial charge in [-0.15, -0.1) is 0 Å². The molecule has 0 spiro atoms. The quantitative estimate of drug-likeness (QED) is 0.780. The molecular formula is C14H13N5O3. The van der Waals surface area contributed by atoms with Crippen molar-refractivity contribution in [1.29, 1.82) is 0 Å². The number of rotatable bonds is 4. The summed E-state index contributed by atoms with van der Waals surface area (Å²) in [6.07, 6.45) is 2.96. The van der Waals surface area contributed by atoms with Crippen molar-refractivity contribution >= 4 is 29.5 Å². The minimum absolute atomic E-state index is 0.105. The number of carboxylic acid groups (broad SMARTS) is 1. The molecule has 22 heavy (non-hydrogen) atoms. The van der Waals surface area contributed by atoms with Gasteiger partial charge in [-0.1, -0.05) is 0 Å². The van der Waals surface area contributed by atoms with Gasteiger partial charge in [0.2, 0.25) is 0 Å². The van der Waals surface area contributed by atoms with Gasteiger partial charge in [-0.05, 0) is 23.3 Å². The molecule has 0 saturated heterocycles. The highest BCUT2D eigenvalue weighted by atomic mass is 16.5. The topological polar surface area (TPSA) is 123 Å². The maximum Gasteiger partial charge on any atom is 0.343 e. The summed E-state index contributed by atoms with van der Waals surface area (Å²) in [7, 11) is 1.54. The van der Waals surface area contributed by atoms with Crippen LogP contribution in [0.5, 0.6) is 5.75 Å². The lowest BCUT2D eigenvalue weighted by Gasteiger charge is -2.14. The second-order valence-electron chi connectivity index (χ2n) is 4.63. The van der Waals surface area contributed by atoms with Crippen LogP contribution >= 0.6 is 0 Å². The van der Waals surface area contributed by atoms with Gasteiger partial charge in [-0.3, -0.25) is 4.99 Å². The summed E-state index contributed by atoms with van der Waals surface area (Å²) in [4.78, 5) is 23.2. The van der Waals surface area contributed by atoms with Crippen molar-refractivity contribution < 1.29 is 14.6 Å². The Morgan fingerprint density at radius 1 is 1.41 bits per heavy atom. The van der Waals surface area contributed by atoms with E-state index in [1.165, 1.54) is 13.4 Å². The minimum Gasteiger partial charge on any atom is -0.495 e. The van der Waals surface area contributed by atoms with Crippen LogP contribution in [0.4, 0.5) is 17.3 Å². The number of benzene rings is 1. The molecule has 0 radical (unpaired) electrons. The molecule has 1 aromatic heterocycles. The van der Waals surface area contributed by atoms with E-state index in [9.17, 15) is 9.90 Å². The summed E-state index contributed by atoms with van der Waals surface area (Å²) >= 11 is 0. The fourth-order valence-corrected chi connectivity index (χ4v) is 2.24. The van der Waals surface area contributed by atoms with Crippen LogP contribution in [0.25, 0.3) is 0 Å². The van der Waals surface area contributed by atoms with E-state index in [1.807, 2.05) is 12.1 Å². The van der Waals surface area contributed by atoms with Crippen LogP contribution in [0.3, 0.4) is 0 Å². The van der Waals surface area contributed by atoms with Crippen LogP contribution < -0.4 is 15.8 Å². The van der Waals surface area contributed by atoms with Crippen molar-refractivity contribution in [3.05, 3.63) is 35.2 Å². The minimum atomic E-state index is -1.21. The second kappa shape index (κ2) is 5.32. The lowest BCUT2D eigenvalue weighted by atomic mass is 10.1. The predicted octanol–water partition coefficient (Wildman–Crippen LogP) is 1.44. The number of nitrogens with one attached hydrogen (secondary N) is 1. The van der Waals surface area contributed by atoms with Crippen LogP contribution in [-0.4, -0.2) is 34.4 Å². The van der Waals surface area contributed by atoms with Crippen LogP contribution in [0, 0.1) is 0 Å². The maximum absolute atomic E-state index is 11.3. The lowest BCUT2D eigenvalue weighted by molar-refractivity contribution is 0.0698. The molecule has 1 aliphatic heterocycles. The molecule has 0 aliphatic carbocycles. The highest BCUT2D eigenvalue weighted by Crippen LogP contribution is 2.33. The Labute approximate surface area is 125 Å². The van der Waals surface area contributed by atoms with Crippen molar-refractivity contribution in [3.8, 4) is 5.75 Å². The summed E-state index contributed by atoms with van der Waals surface area (Å²) in [6.45, 7) is 0.604. The molecule has 2 aromatic rings. The normalized spacial score (nSPS) is 12.0. The molecule has 112 valence electrons. The van der Waals surface area contributed by atoms with Gasteiger partial charge >= 0.3 is 5.97 Å². The van der Waals surface area contributed by atoms with Crippen LogP contribution in [0.15, 0.2) is 23.5 Å². The molecule has 1 aromatic carbocycles. The van der Waals surface area contributed by atoms with Gasteiger partial charge in [-0.2, -0.15) is 0 Å². The Bertz CT molecular complexity index is 788. The Balaban J connectivity index is 2.06. The average Bonchev–Trinajstić information content (AvgIpc) is 2.93. The Kier molecular flexibility index (Phi) is 3.34. The van der Waals surface area contributed by atoms with Gasteiger partial charge in [0.05, 0.1) is 19.3 Å². The lowest BCUT2D eigenvalue weighted by Crippen LogP contribution is -2.10. The smallest absolute Gasteiger partial charge is 0.343 e. The molecule has 0 saturated carbocycles. The average molecular weight is 299 g/mol. The first-order chi connectivity index (χ1) is 10.6. The number of hydrogen-bond acceptors (Lipinski definition) is 7. The van der Waals surface area contributed by atoms with Gasteiger partial charge in [0, 0.05) is 6.21 Å². The van der Waals surface area contributed by atoms with E-state index in [4.69, 9.17) is 10.5 Å². The van der Waals surface area contributed by atoms with Crippen molar-refractivity contribution in [2.75, 3.05) is 18.2 Å². The number of aliphatic imine (C=N–C) groups is 1. The van der Waals surface area contributed by atoms with Crippen molar-refractivity contribution in [2.45, 2.75) is 6.54 Å². The third-order valence-electron chi connectivity index (χ3n) is 3.30. The number of anilines is 3. The first kappa shape index (κ1) is 13.8. The van der Waals surface area contributed by atoms with Gasteiger partial charge in [0.15, 0.2) is 5.82 Å². The molecule has 0 fully saturated rings. The zero-order chi connectivity index (χ0) is 15.7. The number of aromatic carboxylic acids is 1. The van der Waals surface area contributed by atoms with E-state index >= 15 is 0 Å². The van der Waals surface area contributed by atoms with Crippen molar-refractivity contribution in [3.63, 3.8) is 0 Å². The molecule has 0 unspecified atom stereocenters. The standard InChI is InChI=1S/C14H13N5O3/c1-22-10-3-8-5-16-4-7(8)2-9(10)19-13-11(14(20)21)12(15)17-6-18-13/h2-4,6H,5H2,1H3,(H,20,21)(H3,15,17,18,19). The number of nitrogens with two attached hydrogens (primary N) is 1. The summed E-state index contributed by atoms with van der Waals surface area (Å²) in [6, 6.07) is 3.68. The maximum atomic E-state index is 11.3. The molecule has 0 amide bonds. The number of carboxylic acids is 1. The molecule has 3 rings (SSSR count). The number of nitrogens with zero attached hydrogens (tertiary/aromatic N) is 3. The largest absolute Gasteiger partial charge is 0.495 e. The Morgan fingerprint density at radius 3 is 2.95 bits per heavy atom. The third-order valence-corrected chi connectivity index (χ3v) is 3.30. The monoisotopic (exact) mass is 299 g/mol. The molecule has 4 N–H and O–H groups in total. The number of hydrogen-bond donors (Lipinski definition) is 3. The van der Waals surface area contributed by atoms with Gasteiger partial charge in [0.1, 0.15) is 23.5 Å². The second-order valence-corrected chi connectivity index (χ2v) is 4.63. The number of nitrogen functional groups attached to an aromatic ring is 1. The molecule has 1 aliphatic rings. The van der Waals surface area contributed by atoms with Gasteiger partial charge < -0.3 is 20.9 Å². The van der Waals surface area contributed by atoms with Crippen LogP contribution in [-0.2, 0) is 6.54 Å². The fourth-order valence-electron chi connectivity index (χ4n) is 2.24. The summed E-state index contributed by atoms with van der Waals surface area (Å²) < 4.78 is 5.33. The van der Waals surface area contributed by atoms with E-state index in [0.717, 1.165) is 11.1 Å². The first-order valence-electron chi connectivity index (χ1n) is 6.41. The van der Waals surface area contributed by atoms with Crippen LogP contribution in [0.1, 0.15) is 21.5 Å². The molecule has 8 nitrogen and oxygen atoms in total. The SMILES string of the molecule is COc1cc2c(cc1Nc1ncnc(N)c1C(=O)O)C=NC2. The molecule has 8 heteroatoms. The van der Waals surface area contributed by atoms with Gasteiger partial charge in [-0.25, -0.2) is 14.8 Å². The summed E-state index contributed by atoms with van der Waals surface area (Å²) in [5.74, 6) is -0.639. The highest BCUT2D eigenvalue weighted by Gasteiger charge is 2.19. The van der Waals surface area contributed by atoms with E-state index < -0.39 is 5.97 Å². The van der Waals surface area contributed by atoms with Gasteiger partial charge in [0.25, 0.3) is 0 Å². The van der Waals surface area contributed by atoms with E-state index in [2.05, 4.69) is 20.3 Å². The highest BCUT2D eigenvalue weighted by molar-refractivity contribution is 5.99. The zero-order valence-electron chi connectivity index (χ0n) is 11.7. The molecule has 0 atom stereocenters. The van der Waals surface area contributed by atoms with Crippen molar-refractivity contribution in [1.82, 2.24) is 9.97 Å². The number of ether oxygens (including phenoxy) is 1. The summed E-state index contributed by atoms with van der Waals surface area (Å²) in [5.41, 5.74) is 8.00. The van der Waals surface area contributed by atoms with Crippen molar-refractivity contribution in [2.24, 2.45) is 4.99 Å². The zero-order valence-corrected chi connectivity index (χ0v) is 11.7. The fraction of sp³-hybridized carbons (Fsp3) is 0.143. The third kappa shape index (κ3) is 2.30. The summed E-state index contributed by atoms with van der Waals surface area (Å²) in [5, 5.41) is 12.2. The molecule has 2 heterocycles. The predicted molar refractivity (Wildman–Crippen MR) is 81.0 cm³/mol. The Hall–Kier alpha value is -3.16. The number of carbonyl (C=O) groups is 1. The van der Waals surface area contributed by atoms with E-state index in [1.54, 1.807) is 6.21 Å². The number of aromatic nitrogens is 2. The first-order valence-corrected chi connectivity index (χ1v) is 6.41. The van der Waals surface area contributed by atoms with Crippen LogP contribution in [0.2, 0.25) is 0 Å². The van der Waals surface area contributed by atoms with E-state index in [-0.39, 0.29) is 17.2 Å².